The van der Waals surface area contributed by atoms with E-state index < -0.39 is 15.7 Å². The minimum absolute atomic E-state index is 0.218. The summed E-state index contributed by atoms with van der Waals surface area (Å²) in [6.45, 7) is -0.281. The van der Waals surface area contributed by atoms with E-state index in [1.807, 2.05) is 0 Å². The van der Waals surface area contributed by atoms with Crippen molar-refractivity contribution < 1.29 is 22.7 Å². The summed E-state index contributed by atoms with van der Waals surface area (Å²) in [6.07, 6.45) is 0. The maximum atomic E-state index is 13.5. The number of hydrogen-bond acceptors (Lipinski definition) is 6. The van der Waals surface area contributed by atoms with Crippen LogP contribution in [0.2, 0.25) is 10.0 Å². The number of aromatic nitrogens is 2. The Morgan fingerprint density at radius 2 is 1.66 bits per heavy atom. The van der Waals surface area contributed by atoms with Crippen LogP contribution in [0.25, 0.3) is 11.0 Å². The Morgan fingerprint density at radius 1 is 0.971 bits per heavy atom. The first-order valence-electron chi connectivity index (χ1n) is 10.3. The highest BCUT2D eigenvalue weighted by molar-refractivity contribution is 7.90. The van der Waals surface area contributed by atoms with Crippen molar-refractivity contribution in [3.8, 4) is 11.5 Å². The molecule has 1 heterocycles. The number of sulfone groups is 1. The first-order valence-corrected chi connectivity index (χ1v) is 12.8. The highest BCUT2D eigenvalue weighted by Gasteiger charge is 2.26. The summed E-state index contributed by atoms with van der Waals surface area (Å²) < 4.78 is 38.8. The van der Waals surface area contributed by atoms with E-state index in [4.69, 9.17) is 32.7 Å². The van der Waals surface area contributed by atoms with Crippen LogP contribution in [0.3, 0.4) is 0 Å². The van der Waals surface area contributed by atoms with Gasteiger partial charge in [-0.2, -0.15) is 0 Å². The third-order valence-electron chi connectivity index (χ3n) is 5.17. The SMILES string of the molecule is COc1cc(CS(=O)(=O)c2nc3ccccc3n2CC(=O)Nc2ccc(Cl)c(Cl)c2)cc(OC)c1. The van der Waals surface area contributed by atoms with Crippen LogP contribution in [0.4, 0.5) is 5.69 Å². The van der Waals surface area contributed by atoms with Gasteiger partial charge in [-0.05, 0) is 48.0 Å². The molecule has 4 aromatic rings. The maximum Gasteiger partial charge on any atom is 0.244 e. The number of amides is 1. The molecule has 11 heteroatoms. The van der Waals surface area contributed by atoms with Gasteiger partial charge in [0, 0.05) is 11.8 Å². The molecule has 182 valence electrons. The van der Waals surface area contributed by atoms with E-state index in [1.165, 1.54) is 24.9 Å². The van der Waals surface area contributed by atoms with Crippen molar-refractivity contribution in [3.63, 3.8) is 0 Å². The Morgan fingerprint density at radius 3 is 2.31 bits per heavy atom. The summed E-state index contributed by atoms with van der Waals surface area (Å²) in [6, 6.07) is 16.5. The average molecular weight is 534 g/mol. The lowest BCUT2D eigenvalue weighted by atomic mass is 10.2. The number of hydrogen-bond donors (Lipinski definition) is 1. The quantitative estimate of drug-likeness (QED) is 0.343. The van der Waals surface area contributed by atoms with Crippen molar-refractivity contribution in [1.29, 1.82) is 0 Å². The second-order valence-electron chi connectivity index (χ2n) is 7.63. The van der Waals surface area contributed by atoms with E-state index in [1.54, 1.807) is 54.6 Å². The van der Waals surface area contributed by atoms with Gasteiger partial charge in [-0.3, -0.25) is 4.79 Å². The van der Waals surface area contributed by atoms with Crippen LogP contribution in [0.15, 0.2) is 65.8 Å². The van der Waals surface area contributed by atoms with Gasteiger partial charge in [-0.1, -0.05) is 35.3 Å². The molecule has 1 amide bonds. The number of para-hydroxylation sites is 2. The largest absolute Gasteiger partial charge is 0.497 e. The first-order chi connectivity index (χ1) is 16.7. The number of nitrogens with zero attached hydrogens (tertiary/aromatic N) is 2. The van der Waals surface area contributed by atoms with Gasteiger partial charge in [0.05, 0.1) is 41.1 Å². The molecule has 35 heavy (non-hydrogen) atoms. The molecule has 0 unspecified atom stereocenters. The zero-order chi connectivity index (χ0) is 25.2. The van der Waals surface area contributed by atoms with Crippen molar-refractivity contribution in [2.75, 3.05) is 19.5 Å². The molecule has 0 spiro atoms. The van der Waals surface area contributed by atoms with Crippen molar-refractivity contribution in [1.82, 2.24) is 9.55 Å². The zero-order valence-corrected chi connectivity index (χ0v) is 21.1. The standard InChI is InChI=1S/C24H21Cl2N3O5S/c1-33-17-9-15(10-18(12-17)34-2)14-35(31,32)24-28-21-5-3-4-6-22(21)29(24)13-23(30)27-16-7-8-19(25)20(26)11-16/h3-12H,13-14H2,1-2H3,(H,27,30). The minimum Gasteiger partial charge on any atom is -0.497 e. The molecule has 1 N–H and O–H groups in total. The van der Waals surface area contributed by atoms with E-state index in [2.05, 4.69) is 10.3 Å². The third-order valence-corrected chi connectivity index (χ3v) is 7.49. The van der Waals surface area contributed by atoms with Crippen LogP contribution >= 0.6 is 23.2 Å². The second kappa shape index (κ2) is 10.2. The third kappa shape index (κ3) is 5.53. The van der Waals surface area contributed by atoms with Gasteiger partial charge >= 0.3 is 0 Å². The average Bonchev–Trinajstić information content (AvgIpc) is 3.20. The van der Waals surface area contributed by atoms with Gasteiger partial charge in [0.1, 0.15) is 18.0 Å². The molecule has 0 aliphatic rings. The van der Waals surface area contributed by atoms with E-state index in [9.17, 15) is 13.2 Å². The maximum absolute atomic E-state index is 13.5. The number of carbonyl (C=O) groups excluding carboxylic acids is 1. The van der Waals surface area contributed by atoms with Crippen LogP contribution in [-0.2, 0) is 26.9 Å². The smallest absolute Gasteiger partial charge is 0.244 e. The Bertz CT molecular complexity index is 1500. The first kappa shape index (κ1) is 24.8. The topological polar surface area (TPSA) is 99.5 Å². The summed E-state index contributed by atoms with van der Waals surface area (Å²) in [5.74, 6) is 0.109. The number of benzene rings is 3. The molecule has 0 atom stereocenters. The normalized spacial score (nSPS) is 11.4. The van der Waals surface area contributed by atoms with Gasteiger partial charge in [0.2, 0.25) is 20.9 Å². The second-order valence-corrected chi connectivity index (χ2v) is 10.3. The molecule has 3 aromatic carbocycles. The van der Waals surface area contributed by atoms with Crippen molar-refractivity contribution in [2.45, 2.75) is 17.5 Å². The number of ether oxygens (including phenoxy) is 2. The fourth-order valence-electron chi connectivity index (χ4n) is 3.60. The van der Waals surface area contributed by atoms with E-state index >= 15 is 0 Å². The molecular weight excluding hydrogens is 513 g/mol. The summed E-state index contributed by atoms with van der Waals surface area (Å²) in [5, 5.41) is 3.14. The van der Waals surface area contributed by atoms with E-state index in [-0.39, 0.29) is 22.5 Å². The molecule has 0 radical (unpaired) electrons. The highest BCUT2D eigenvalue weighted by Crippen LogP contribution is 2.28. The van der Waals surface area contributed by atoms with Gasteiger partial charge in [0.15, 0.2) is 0 Å². The summed E-state index contributed by atoms with van der Waals surface area (Å²) in [4.78, 5) is 17.2. The van der Waals surface area contributed by atoms with Crippen molar-refractivity contribution >= 4 is 55.7 Å². The van der Waals surface area contributed by atoms with Crippen LogP contribution < -0.4 is 14.8 Å². The fraction of sp³-hybridized carbons (Fsp3) is 0.167. The molecule has 0 aliphatic heterocycles. The number of methoxy groups -OCH3 is 2. The van der Waals surface area contributed by atoms with Crippen LogP contribution in [0.1, 0.15) is 5.56 Å². The van der Waals surface area contributed by atoms with Crippen LogP contribution in [-0.4, -0.2) is 38.1 Å². The number of rotatable bonds is 8. The molecule has 0 saturated heterocycles. The summed E-state index contributed by atoms with van der Waals surface area (Å²) in [5.41, 5.74) is 1.86. The number of imidazole rings is 1. The fourth-order valence-corrected chi connectivity index (χ4v) is 5.36. The van der Waals surface area contributed by atoms with Gasteiger partial charge in [-0.15, -0.1) is 0 Å². The molecule has 0 saturated carbocycles. The van der Waals surface area contributed by atoms with Gasteiger partial charge < -0.3 is 19.4 Å². The summed E-state index contributed by atoms with van der Waals surface area (Å²) in [7, 11) is -0.994. The molecule has 0 fully saturated rings. The van der Waals surface area contributed by atoms with Gasteiger partial charge in [-0.25, -0.2) is 13.4 Å². The molecule has 0 aliphatic carbocycles. The number of anilines is 1. The number of carbonyl (C=O) groups is 1. The molecular formula is C24H21Cl2N3O5S. The Labute approximate surface area is 212 Å². The predicted molar refractivity (Wildman–Crippen MR) is 135 cm³/mol. The monoisotopic (exact) mass is 533 g/mol. The van der Waals surface area contributed by atoms with Crippen molar-refractivity contribution in [2.24, 2.45) is 0 Å². The van der Waals surface area contributed by atoms with Crippen LogP contribution in [0, 0.1) is 0 Å². The van der Waals surface area contributed by atoms with E-state index in [0.29, 0.717) is 38.8 Å². The van der Waals surface area contributed by atoms with Crippen LogP contribution in [0.5, 0.6) is 11.5 Å². The molecule has 0 bridgehead atoms. The number of nitrogens with one attached hydrogen (secondary N) is 1. The Balaban J connectivity index is 1.69. The summed E-state index contributed by atoms with van der Waals surface area (Å²) >= 11 is 12.0. The lowest BCUT2D eigenvalue weighted by Crippen LogP contribution is -2.22. The highest BCUT2D eigenvalue weighted by atomic mass is 35.5. The Kier molecular flexibility index (Phi) is 7.20. The van der Waals surface area contributed by atoms with E-state index in [0.717, 1.165) is 0 Å². The predicted octanol–water partition coefficient (Wildman–Crippen LogP) is 4.97. The number of fused-ring (bicyclic) bond motifs is 1. The van der Waals surface area contributed by atoms with Crippen molar-refractivity contribution in [3.05, 3.63) is 76.3 Å². The zero-order valence-electron chi connectivity index (χ0n) is 18.8. The molecule has 1 aromatic heterocycles. The minimum atomic E-state index is -3.96. The molecule has 8 nitrogen and oxygen atoms in total. The van der Waals surface area contributed by atoms with Gasteiger partial charge in [0.25, 0.3) is 0 Å². The lowest BCUT2D eigenvalue weighted by molar-refractivity contribution is -0.116. The molecule has 4 rings (SSSR count). The Hall–Kier alpha value is -3.27. The number of halogens is 2. The lowest BCUT2D eigenvalue weighted by Gasteiger charge is -2.12.